The number of tetrazole rings is 1. The summed E-state index contributed by atoms with van der Waals surface area (Å²) in [6, 6.07) is 10.3. The van der Waals surface area contributed by atoms with E-state index in [1.54, 1.807) is 0 Å². The van der Waals surface area contributed by atoms with E-state index in [9.17, 15) is 0 Å². The van der Waals surface area contributed by atoms with Gasteiger partial charge in [-0.2, -0.15) is 0 Å². The molecule has 0 amide bonds. The van der Waals surface area contributed by atoms with Crippen LogP contribution in [0.15, 0.2) is 30.3 Å². The second-order valence-electron chi connectivity index (χ2n) is 6.77. The summed E-state index contributed by atoms with van der Waals surface area (Å²) in [5, 5.41) is 15.5. The third-order valence-corrected chi connectivity index (χ3v) is 5.12. The van der Waals surface area contributed by atoms with Crippen LogP contribution in [0.3, 0.4) is 0 Å². The highest BCUT2D eigenvalue weighted by molar-refractivity contribution is 5.24. The number of benzene rings is 1. The van der Waals surface area contributed by atoms with Gasteiger partial charge in [-0.05, 0) is 54.0 Å². The van der Waals surface area contributed by atoms with Gasteiger partial charge in [0.2, 0.25) is 5.95 Å². The van der Waals surface area contributed by atoms with E-state index in [0.29, 0.717) is 12.5 Å². The zero-order valence-corrected chi connectivity index (χ0v) is 13.3. The molecule has 1 N–H and O–H groups in total. The van der Waals surface area contributed by atoms with Gasteiger partial charge >= 0.3 is 0 Å². The van der Waals surface area contributed by atoms with Gasteiger partial charge in [-0.3, -0.25) is 0 Å². The number of nitrogens with one attached hydrogen (secondary N) is 1. The fourth-order valence-corrected chi connectivity index (χ4v) is 3.65. The molecule has 1 saturated carbocycles. The van der Waals surface area contributed by atoms with Crippen LogP contribution >= 0.6 is 0 Å². The molecule has 1 atom stereocenters. The molecular formula is C17H23N5O. The lowest BCUT2D eigenvalue weighted by molar-refractivity contribution is -0.141. The highest BCUT2D eigenvalue weighted by Crippen LogP contribution is 2.44. The first-order chi connectivity index (χ1) is 11.3. The van der Waals surface area contributed by atoms with E-state index >= 15 is 0 Å². The Kier molecular flexibility index (Phi) is 3.99. The summed E-state index contributed by atoms with van der Waals surface area (Å²) in [5.41, 5.74) is 1.39. The molecule has 1 aliphatic heterocycles. The molecule has 6 nitrogen and oxygen atoms in total. The summed E-state index contributed by atoms with van der Waals surface area (Å²) in [6.45, 7) is 2.50. The van der Waals surface area contributed by atoms with Gasteiger partial charge in [-0.15, -0.1) is 0 Å². The summed E-state index contributed by atoms with van der Waals surface area (Å²) in [5.74, 6) is 1.40. The molecule has 2 aliphatic rings. The molecule has 2 heterocycles. The summed E-state index contributed by atoms with van der Waals surface area (Å²) < 4.78 is 7.83. The fourth-order valence-electron chi connectivity index (χ4n) is 3.65. The molecule has 4 rings (SSSR count). The number of nitrogens with zero attached hydrogens (tertiary/aromatic N) is 4. The van der Waals surface area contributed by atoms with Crippen LogP contribution in [0.2, 0.25) is 0 Å². The van der Waals surface area contributed by atoms with Crippen LogP contribution in [0.5, 0.6) is 0 Å². The summed E-state index contributed by atoms with van der Waals surface area (Å²) in [7, 11) is 0. The average molecular weight is 313 g/mol. The summed E-state index contributed by atoms with van der Waals surface area (Å²) >= 11 is 0. The number of rotatable bonds is 5. The van der Waals surface area contributed by atoms with Crippen molar-refractivity contribution in [2.45, 2.75) is 44.2 Å². The SMILES string of the molecule is c1ccc(Cn2nnnc2NCC2CCOC3(CCC3)C2)cc1. The van der Waals surface area contributed by atoms with Crippen LogP contribution in [-0.4, -0.2) is 39.0 Å². The van der Waals surface area contributed by atoms with Gasteiger partial charge in [0, 0.05) is 13.2 Å². The van der Waals surface area contributed by atoms with Crippen molar-refractivity contribution < 1.29 is 4.74 Å². The van der Waals surface area contributed by atoms with Crippen LogP contribution < -0.4 is 5.32 Å². The Morgan fingerprint density at radius 1 is 1.26 bits per heavy atom. The highest BCUT2D eigenvalue weighted by atomic mass is 16.5. The maximum atomic E-state index is 6.00. The molecule has 1 saturated heterocycles. The van der Waals surface area contributed by atoms with Gasteiger partial charge in [-0.1, -0.05) is 35.4 Å². The summed E-state index contributed by atoms with van der Waals surface area (Å²) in [4.78, 5) is 0. The molecule has 1 aromatic heterocycles. The first kappa shape index (κ1) is 14.6. The van der Waals surface area contributed by atoms with Gasteiger partial charge in [0.05, 0.1) is 12.1 Å². The van der Waals surface area contributed by atoms with Crippen molar-refractivity contribution in [3.63, 3.8) is 0 Å². The molecule has 2 aromatic rings. The van der Waals surface area contributed by atoms with Crippen molar-refractivity contribution in [2.75, 3.05) is 18.5 Å². The van der Waals surface area contributed by atoms with E-state index in [1.165, 1.54) is 31.2 Å². The second kappa shape index (κ2) is 6.28. The van der Waals surface area contributed by atoms with E-state index in [-0.39, 0.29) is 5.60 Å². The molecular weight excluding hydrogens is 290 g/mol. The Balaban J connectivity index is 1.35. The van der Waals surface area contributed by atoms with Crippen LogP contribution in [0, 0.1) is 5.92 Å². The largest absolute Gasteiger partial charge is 0.375 e. The predicted octanol–water partition coefficient (Wildman–Crippen LogP) is 2.48. The van der Waals surface area contributed by atoms with Crippen molar-refractivity contribution in [3.05, 3.63) is 35.9 Å². The smallest absolute Gasteiger partial charge is 0.243 e. The van der Waals surface area contributed by atoms with Crippen molar-refractivity contribution in [2.24, 2.45) is 5.92 Å². The minimum absolute atomic E-state index is 0.195. The fraction of sp³-hybridized carbons (Fsp3) is 0.588. The van der Waals surface area contributed by atoms with Gasteiger partial charge in [0.1, 0.15) is 0 Å². The lowest BCUT2D eigenvalue weighted by Gasteiger charge is -2.47. The maximum Gasteiger partial charge on any atom is 0.243 e. The third-order valence-electron chi connectivity index (χ3n) is 5.12. The average Bonchev–Trinajstić information content (AvgIpc) is 3.00. The monoisotopic (exact) mass is 313 g/mol. The molecule has 1 aromatic carbocycles. The van der Waals surface area contributed by atoms with Gasteiger partial charge in [0.15, 0.2) is 0 Å². The molecule has 122 valence electrons. The number of anilines is 1. The van der Waals surface area contributed by atoms with Crippen LogP contribution in [-0.2, 0) is 11.3 Å². The van der Waals surface area contributed by atoms with Crippen LogP contribution in [0.1, 0.15) is 37.7 Å². The Labute approximate surface area is 136 Å². The van der Waals surface area contributed by atoms with Crippen molar-refractivity contribution >= 4 is 5.95 Å². The maximum absolute atomic E-state index is 6.00. The third kappa shape index (κ3) is 3.22. The molecule has 23 heavy (non-hydrogen) atoms. The zero-order chi connectivity index (χ0) is 15.5. The predicted molar refractivity (Wildman–Crippen MR) is 87.1 cm³/mol. The van der Waals surface area contributed by atoms with E-state index < -0.39 is 0 Å². The molecule has 2 fully saturated rings. The molecule has 1 unspecified atom stereocenters. The quantitative estimate of drug-likeness (QED) is 0.918. The topological polar surface area (TPSA) is 64.9 Å². The standard InChI is InChI=1S/C17H23N5O/c1-2-5-14(6-3-1)13-22-16(19-20-21-22)18-12-15-7-10-23-17(11-15)8-4-9-17/h1-3,5-6,15H,4,7-13H2,(H,18,19,21). The van der Waals surface area contributed by atoms with E-state index in [2.05, 4.69) is 33.0 Å². The number of ether oxygens (including phenoxy) is 1. The van der Waals surface area contributed by atoms with Crippen molar-refractivity contribution in [1.29, 1.82) is 0 Å². The highest BCUT2D eigenvalue weighted by Gasteiger charge is 2.42. The molecule has 0 radical (unpaired) electrons. The van der Waals surface area contributed by atoms with Crippen LogP contribution in [0.25, 0.3) is 0 Å². The molecule has 1 spiro atoms. The number of aromatic nitrogens is 4. The normalized spacial score (nSPS) is 22.7. The Morgan fingerprint density at radius 3 is 2.91 bits per heavy atom. The lowest BCUT2D eigenvalue weighted by Crippen LogP contribution is -2.46. The van der Waals surface area contributed by atoms with E-state index in [1.807, 2.05) is 22.9 Å². The number of hydrogen-bond donors (Lipinski definition) is 1. The van der Waals surface area contributed by atoms with Gasteiger partial charge < -0.3 is 10.1 Å². The second-order valence-corrected chi connectivity index (χ2v) is 6.77. The van der Waals surface area contributed by atoms with Crippen molar-refractivity contribution in [3.8, 4) is 0 Å². The molecule has 6 heteroatoms. The first-order valence-corrected chi connectivity index (χ1v) is 8.51. The minimum Gasteiger partial charge on any atom is -0.375 e. The van der Waals surface area contributed by atoms with Crippen LogP contribution in [0.4, 0.5) is 5.95 Å². The molecule has 1 aliphatic carbocycles. The molecule has 0 bridgehead atoms. The van der Waals surface area contributed by atoms with Crippen molar-refractivity contribution in [1.82, 2.24) is 20.2 Å². The zero-order valence-electron chi connectivity index (χ0n) is 13.3. The first-order valence-electron chi connectivity index (χ1n) is 8.51. The Hall–Kier alpha value is -1.95. The van der Waals surface area contributed by atoms with E-state index in [0.717, 1.165) is 25.5 Å². The van der Waals surface area contributed by atoms with Gasteiger partial charge in [-0.25, -0.2) is 4.68 Å². The van der Waals surface area contributed by atoms with Gasteiger partial charge in [0.25, 0.3) is 0 Å². The minimum atomic E-state index is 0.195. The Morgan fingerprint density at radius 2 is 2.13 bits per heavy atom. The lowest BCUT2D eigenvalue weighted by atomic mass is 9.72. The number of hydrogen-bond acceptors (Lipinski definition) is 5. The summed E-state index contributed by atoms with van der Waals surface area (Å²) in [6.07, 6.45) is 6.06. The Bertz CT molecular complexity index is 637. The van der Waals surface area contributed by atoms with E-state index in [4.69, 9.17) is 4.74 Å².